The zero-order chi connectivity index (χ0) is 29.1. The molecule has 5 rings (SSSR count). The number of anilines is 2. The number of ketones is 1. The van der Waals surface area contributed by atoms with Crippen molar-refractivity contribution in [3.05, 3.63) is 81.5 Å². The van der Waals surface area contributed by atoms with Crippen LogP contribution in [0.15, 0.2) is 69.5 Å². The Hall–Kier alpha value is -3.92. The van der Waals surface area contributed by atoms with Crippen molar-refractivity contribution in [2.45, 2.75) is 36.4 Å². The second kappa shape index (κ2) is 12.3. The zero-order valence-electron chi connectivity index (χ0n) is 21.8. The van der Waals surface area contributed by atoms with Crippen LogP contribution in [0, 0.1) is 17.1 Å². The number of ether oxygens (including phenoxy) is 1. The third-order valence-corrected chi connectivity index (χ3v) is 8.94. The first kappa shape index (κ1) is 28.6. The molecular formula is C28H24ClFN6O3S2. The predicted molar refractivity (Wildman–Crippen MR) is 156 cm³/mol. The van der Waals surface area contributed by atoms with E-state index in [1.165, 1.54) is 41.3 Å². The fraction of sp³-hybridized carbons (Fsp3) is 0.250. The molecule has 9 nitrogen and oxygen atoms in total. The molecule has 2 aliphatic rings. The van der Waals surface area contributed by atoms with Crippen LogP contribution in [-0.2, 0) is 9.59 Å². The fourth-order valence-corrected chi connectivity index (χ4v) is 6.81. The summed E-state index contributed by atoms with van der Waals surface area (Å²) >= 11 is 8.74. The van der Waals surface area contributed by atoms with Crippen LogP contribution < -0.4 is 20.7 Å². The van der Waals surface area contributed by atoms with E-state index in [9.17, 15) is 14.9 Å². The minimum absolute atomic E-state index is 0.00476. The lowest BCUT2D eigenvalue weighted by atomic mass is 9.75. The summed E-state index contributed by atoms with van der Waals surface area (Å²) in [4.78, 5) is 27.3. The number of aromatic nitrogens is 2. The second-order valence-electron chi connectivity index (χ2n) is 9.10. The highest BCUT2D eigenvalue weighted by Gasteiger charge is 2.43. The number of Topliss-reactive ketones (excluding diaryl/α,β-unsaturated/α-hetero) is 1. The summed E-state index contributed by atoms with van der Waals surface area (Å²) in [5.74, 6) is -1.25. The van der Waals surface area contributed by atoms with E-state index in [1.54, 1.807) is 29.2 Å². The summed E-state index contributed by atoms with van der Waals surface area (Å²) in [6.45, 7) is 2.45. The van der Waals surface area contributed by atoms with E-state index in [0.29, 0.717) is 46.1 Å². The molecule has 13 heteroatoms. The molecule has 1 unspecified atom stereocenters. The van der Waals surface area contributed by atoms with Gasteiger partial charge in [0, 0.05) is 34.0 Å². The van der Waals surface area contributed by atoms with Gasteiger partial charge in [-0.3, -0.25) is 14.5 Å². The molecule has 0 bridgehead atoms. The van der Waals surface area contributed by atoms with Crippen LogP contribution in [0.5, 0.6) is 5.75 Å². The van der Waals surface area contributed by atoms with Gasteiger partial charge >= 0.3 is 0 Å². The number of thioether (sulfide) groups is 1. The Balaban J connectivity index is 1.39. The summed E-state index contributed by atoms with van der Waals surface area (Å²) in [6, 6.07) is 13.4. The first-order valence-electron chi connectivity index (χ1n) is 12.7. The number of allylic oxidation sites excluding steroid dienone is 3. The van der Waals surface area contributed by atoms with Crippen molar-refractivity contribution in [2.75, 3.05) is 22.6 Å². The van der Waals surface area contributed by atoms with Crippen molar-refractivity contribution >= 4 is 57.2 Å². The average molecular weight is 611 g/mol. The fourth-order valence-electron chi connectivity index (χ4n) is 4.86. The molecule has 41 heavy (non-hydrogen) atoms. The lowest BCUT2D eigenvalue weighted by Crippen LogP contribution is -2.39. The molecule has 2 aromatic carbocycles. The number of nitriles is 1. The molecule has 1 atom stereocenters. The van der Waals surface area contributed by atoms with Crippen LogP contribution >= 0.6 is 34.7 Å². The first-order valence-corrected chi connectivity index (χ1v) is 14.9. The summed E-state index contributed by atoms with van der Waals surface area (Å²) in [5, 5.41) is 21.8. The van der Waals surface area contributed by atoms with Crippen molar-refractivity contribution in [3.63, 3.8) is 0 Å². The summed E-state index contributed by atoms with van der Waals surface area (Å²) in [6.07, 6.45) is 1.29. The van der Waals surface area contributed by atoms with Crippen molar-refractivity contribution in [3.8, 4) is 11.8 Å². The van der Waals surface area contributed by atoms with Crippen molar-refractivity contribution in [1.82, 2.24) is 10.2 Å². The van der Waals surface area contributed by atoms with Gasteiger partial charge in [0.1, 0.15) is 17.4 Å². The maximum atomic E-state index is 15.1. The number of nitrogens with zero attached hydrogens (tertiary/aromatic N) is 4. The zero-order valence-corrected chi connectivity index (χ0v) is 24.2. The second-order valence-corrected chi connectivity index (χ2v) is 11.7. The first-order chi connectivity index (χ1) is 19.8. The number of nitrogens with one attached hydrogen (secondary N) is 1. The highest BCUT2D eigenvalue weighted by atomic mass is 35.5. The molecule has 1 aliphatic heterocycles. The largest absolute Gasteiger partial charge is 0.494 e. The normalized spacial score (nSPS) is 16.9. The third kappa shape index (κ3) is 5.79. The van der Waals surface area contributed by atoms with Crippen LogP contribution in [0.1, 0.15) is 37.7 Å². The monoisotopic (exact) mass is 610 g/mol. The Labute approximate surface area is 248 Å². The van der Waals surface area contributed by atoms with Crippen LogP contribution in [0.3, 0.4) is 0 Å². The summed E-state index contributed by atoms with van der Waals surface area (Å²) in [5.41, 5.74) is 8.04. The van der Waals surface area contributed by atoms with Crippen molar-refractivity contribution in [1.29, 1.82) is 5.26 Å². The number of carbonyl (C=O) groups is 2. The van der Waals surface area contributed by atoms with E-state index in [1.807, 2.05) is 6.92 Å². The van der Waals surface area contributed by atoms with Crippen LogP contribution in [-0.4, -0.2) is 34.2 Å². The van der Waals surface area contributed by atoms with Gasteiger partial charge in [0.2, 0.25) is 11.0 Å². The van der Waals surface area contributed by atoms with Crippen LogP contribution in [0.4, 0.5) is 15.2 Å². The molecule has 0 fully saturated rings. The number of hydrogen-bond acceptors (Lipinski definition) is 10. The van der Waals surface area contributed by atoms with Gasteiger partial charge in [-0.25, -0.2) is 4.39 Å². The van der Waals surface area contributed by atoms with E-state index >= 15 is 4.39 Å². The van der Waals surface area contributed by atoms with Gasteiger partial charge in [-0.1, -0.05) is 40.8 Å². The van der Waals surface area contributed by atoms with E-state index < -0.39 is 11.7 Å². The number of halogens is 2. The Morgan fingerprint density at radius 3 is 2.78 bits per heavy atom. The van der Waals surface area contributed by atoms with E-state index in [-0.39, 0.29) is 51.4 Å². The molecule has 1 amide bonds. The van der Waals surface area contributed by atoms with Crippen molar-refractivity contribution in [2.24, 2.45) is 5.73 Å². The highest BCUT2D eigenvalue weighted by Crippen LogP contribution is 2.48. The molecular weight excluding hydrogens is 587 g/mol. The Kier molecular flexibility index (Phi) is 8.58. The Morgan fingerprint density at radius 1 is 1.29 bits per heavy atom. The number of hydrogen-bond donors (Lipinski definition) is 2. The topological polar surface area (TPSA) is 134 Å². The smallest absolute Gasteiger partial charge is 0.234 e. The SMILES string of the molecule is CCOc1ccc(NC(=O)CSc2nnc(N3C(N)=C(C#N)C(c4c(F)cccc4Cl)C4=C3CCCC4=O)s2)cc1. The number of benzene rings is 2. The molecule has 1 aliphatic carbocycles. The standard InChI is InChI=1S/C28H24ClFN6O3S2/c1-2-39-16-11-9-15(10-12-16)33-22(38)14-40-28-35-34-27(41-28)36-20-7-4-8-21(37)25(20)23(17(13-31)26(36)32)24-18(29)5-3-6-19(24)30/h3,5-6,9-12,23H,2,4,7-8,14,32H2,1H3,(H,33,38). The summed E-state index contributed by atoms with van der Waals surface area (Å²) < 4.78 is 21.0. The lowest BCUT2D eigenvalue weighted by molar-refractivity contribution is -0.116. The van der Waals surface area contributed by atoms with Gasteiger partial charge in [0.25, 0.3) is 0 Å². The van der Waals surface area contributed by atoms with Crippen LogP contribution in [0.2, 0.25) is 5.02 Å². The van der Waals surface area contributed by atoms with Crippen LogP contribution in [0.25, 0.3) is 0 Å². The van der Waals surface area contributed by atoms with Gasteiger partial charge in [-0.15, -0.1) is 10.2 Å². The molecule has 210 valence electrons. The molecule has 0 radical (unpaired) electrons. The van der Waals surface area contributed by atoms with E-state index in [4.69, 9.17) is 22.1 Å². The number of amides is 1. The lowest BCUT2D eigenvalue weighted by Gasteiger charge is -2.38. The number of carbonyl (C=O) groups excluding carboxylic acids is 2. The minimum atomic E-state index is -1.03. The van der Waals surface area contributed by atoms with Gasteiger partial charge < -0.3 is 15.8 Å². The van der Waals surface area contributed by atoms with Gasteiger partial charge in [0.05, 0.1) is 29.9 Å². The maximum absolute atomic E-state index is 15.1. The number of rotatable bonds is 8. The molecule has 2 heterocycles. The quantitative estimate of drug-likeness (QED) is 0.305. The minimum Gasteiger partial charge on any atom is -0.494 e. The molecule has 3 aromatic rings. The molecule has 1 aromatic heterocycles. The van der Waals surface area contributed by atoms with Gasteiger partial charge in [0.15, 0.2) is 10.1 Å². The van der Waals surface area contributed by atoms with Crippen molar-refractivity contribution < 1.29 is 18.7 Å². The number of nitrogens with two attached hydrogens (primary N) is 1. The van der Waals surface area contributed by atoms with Gasteiger partial charge in [-0.05, 0) is 56.2 Å². The van der Waals surface area contributed by atoms with Gasteiger partial charge in [-0.2, -0.15) is 5.26 Å². The Morgan fingerprint density at radius 2 is 2.07 bits per heavy atom. The highest BCUT2D eigenvalue weighted by molar-refractivity contribution is 8.01. The molecule has 0 spiro atoms. The summed E-state index contributed by atoms with van der Waals surface area (Å²) in [7, 11) is 0. The van der Waals surface area contributed by atoms with E-state index in [2.05, 4.69) is 21.6 Å². The molecule has 0 saturated heterocycles. The average Bonchev–Trinajstić information content (AvgIpc) is 3.41. The Bertz CT molecular complexity index is 1600. The third-order valence-electron chi connectivity index (χ3n) is 6.56. The molecule has 3 N–H and O–H groups in total. The van der Waals surface area contributed by atoms with E-state index in [0.717, 1.165) is 0 Å². The molecule has 0 saturated carbocycles. The predicted octanol–water partition coefficient (Wildman–Crippen LogP) is 5.76. The maximum Gasteiger partial charge on any atom is 0.234 e.